The van der Waals surface area contributed by atoms with Crippen molar-refractivity contribution in [1.82, 2.24) is 10.6 Å². The lowest BCUT2D eigenvalue weighted by atomic mass is 9.98. The van der Waals surface area contributed by atoms with E-state index >= 15 is 0 Å². The molecular formula is C24H26N2O5. The van der Waals surface area contributed by atoms with Crippen molar-refractivity contribution in [2.45, 2.75) is 50.1 Å². The fourth-order valence-electron chi connectivity index (χ4n) is 4.54. The summed E-state index contributed by atoms with van der Waals surface area (Å²) in [7, 11) is 0. The Labute approximate surface area is 180 Å². The Hall–Kier alpha value is -3.35. The lowest BCUT2D eigenvalue weighted by molar-refractivity contribution is -0.140. The molecule has 162 valence electrons. The molecule has 1 atom stereocenters. The van der Waals surface area contributed by atoms with Gasteiger partial charge in [0, 0.05) is 12.0 Å². The predicted molar refractivity (Wildman–Crippen MR) is 115 cm³/mol. The van der Waals surface area contributed by atoms with Crippen molar-refractivity contribution in [2.24, 2.45) is 0 Å². The zero-order chi connectivity index (χ0) is 21.8. The molecule has 0 bridgehead atoms. The summed E-state index contributed by atoms with van der Waals surface area (Å²) >= 11 is 0. The van der Waals surface area contributed by atoms with Crippen LogP contribution in [0.5, 0.6) is 0 Å². The van der Waals surface area contributed by atoms with Crippen LogP contribution in [-0.4, -0.2) is 41.8 Å². The fraction of sp³-hybridized carbons (Fsp3) is 0.375. The van der Waals surface area contributed by atoms with Gasteiger partial charge in [-0.2, -0.15) is 0 Å². The van der Waals surface area contributed by atoms with Crippen molar-refractivity contribution in [1.29, 1.82) is 0 Å². The second kappa shape index (κ2) is 9.20. The number of hydrogen-bond acceptors (Lipinski definition) is 4. The molecule has 7 nitrogen and oxygen atoms in total. The summed E-state index contributed by atoms with van der Waals surface area (Å²) in [6.45, 7) is 0.101. The number of benzene rings is 2. The van der Waals surface area contributed by atoms with Crippen LogP contribution in [0.4, 0.5) is 4.79 Å². The van der Waals surface area contributed by atoms with Gasteiger partial charge in [0.25, 0.3) is 0 Å². The summed E-state index contributed by atoms with van der Waals surface area (Å²) in [5, 5.41) is 14.4. The highest BCUT2D eigenvalue weighted by molar-refractivity contribution is 5.89. The van der Waals surface area contributed by atoms with Gasteiger partial charge in [0.15, 0.2) is 0 Å². The monoisotopic (exact) mass is 422 g/mol. The van der Waals surface area contributed by atoms with E-state index in [0.29, 0.717) is 0 Å². The molecule has 2 aliphatic carbocycles. The van der Waals surface area contributed by atoms with Gasteiger partial charge >= 0.3 is 12.1 Å². The molecule has 0 heterocycles. The van der Waals surface area contributed by atoms with Crippen LogP contribution in [0.1, 0.15) is 49.1 Å². The molecule has 0 saturated heterocycles. The van der Waals surface area contributed by atoms with Gasteiger partial charge in [-0.1, -0.05) is 61.4 Å². The molecule has 1 fully saturated rings. The number of rotatable bonds is 7. The predicted octanol–water partition coefficient (Wildman–Crippen LogP) is 3.43. The second-order valence-electron chi connectivity index (χ2n) is 8.11. The minimum absolute atomic E-state index is 0.0353. The van der Waals surface area contributed by atoms with Crippen LogP contribution < -0.4 is 10.6 Å². The first kappa shape index (κ1) is 20.9. The molecule has 0 radical (unpaired) electrons. The molecule has 3 N–H and O–H groups in total. The highest BCUT2D eigenvalue weighted by Crippen LogP contribution is 2.44. The number of ether oxygens (including phenoxy) is 1. The van der Waals surface area contributed by atoms with Crippen molar-refractivity contribution in [3.63, 3.8) is 0 Å². The molecule has 31 heavy (non-hydrogen) atoms. The topological polar surface area (TPSA) is 105 Å². The largest absolute Gasteiger partial charge is 0.481 e. The van der Waals surface area contributed by atoms with Crippen molar-refractivity contribution in [3.05, 3.63) is 59.7 Å². The molecule has 2 aromatic rings. The van der Waals surface area contributed by atoms with Crippen LogP contribution in [0.2, 0.25) is 0 Å². The van der Waals surface area contributed by atoms with Gasteiger partial charge in [-0.05, 0) is 35.1 Å². The number of carbonyl (C=O) groups excluding carboxylic acids is 2. The Bertz CT molecular complexity index is 938. The number of aliphatic carboxylic acids is 1. The van der Waals surface area contributed by atoms with Gasteiger partial charge in [-0.25, -0.2) is 4.79 Å². The summed E-state index contributed by atoms with van der Waals surface area (Å²) in [5.74, 6) is -1.75. The Kier molecular flexibility index (Phi) is 6.21. The van der Waals surface area contributed by atoms with E-state index in [4.69, 9.17) is 9.84 Å². The smallest absolute Gasteiger partial charge is 0.407 e. The maximum atomic E-state index is 12.5. The number of nitrogens with one attached hydrogen (secondary N) is 2. The molecule has 2 aliphatic rings. The van der Waals surface area contributed by atoms with Gasteiger partial charge in [0.1, 0.15) is 12.6 Å². The Morgan fingerprint density at radius 1 is 0.968 bits per heavy atom. The van der Waals surface area contributed by atoms with Crippen molar-refractivity contribution in [2.75, 3.05) is 6.61 Å². The number of carboxylic acid groups (broad SMARTS) is 1. The molecule has 1 saturated carbocycles. The van der Waals surface area contributed by atoms with Crippen molar-refractivity contribution < 1.29 is 24.2 Å². The molecule has 0 aromatic heterocycles. The Morgan fingerprint density at radius 2 is 1.55 bits per heavy atom. The second-order valence-corrected chi connectivity index (χ2v) is 8.11. The third-order valence-corrected chi connectivity index (χ3v) is 6.03. The van der Waals surface area contributed by atoms with E-state index in [1.54, 1.807) is 0 Å². The van der Waals surface area contributed by atoms with Crippen LogP contribution in [0.25, 0.3) is 11.1 Å². The standard InChI is InChI=1S/C24H26N2O5/c27-22(28)13-21(23(29)25-15-7-1-2-8-15)26-24(30)31-14-20-18-11-5-3-9-16(18)17-10-4-6-12-19(17)20/h3-6,9-12,15,20-21H,1-2,7-8,13-14H2,(H,25,29)(H,26,30)(H,27,28). The van der Waals surface area contributed by atoms with Crippen LogP contribution in [0, 0.1) is 0 Å². The van der Waals surface area contributed by atoms with E-state index in [9.17, 15) is 14.4 Å². The molecule has 4 rings (SSSR count). The maximum Gasteiger partial charge on any atom is 0.407 e. The summed E-state index contributed by atoms with van der Waals surface area (Å²) in [6, 6.07) is 14.8. The van der Waals surface area contributed by atoms with Crippen LogP contribution in [0.15, 0.2) is 48.5 Å². The van der Waals surface area contributed by atoms with Crippen LogP contribution >= 0.6 is 0 Å². The Balaban J connectivity index is 1.40. The third-order valence-electron chi connectivity index (χ3n) is 6.03. The number of carboxylic acids is 1. The van der Waals surface area contributed by atoms with Gasteiger partial charge in [-0.3, -0.25) is 9.59 Å². The molecule has 0 spiro atoms. The highest BCUT2D eigenvalue weighted by Gasteiger charge is 2.31. The van der Waals surface area contributed by atoms with Gasteiger partial charge in [0.2, 0.25) is 5.91 Å². The Morgan fingerprint density at radius 3 is 2.13 bits per heavy atom. The highest BCUT2D eigenvalue weighted by atomic mass is 16.5. The van der Waals surface area contributed by atoms with E-state index in [0.717, 1.165) is 47.9 Å². The van der Waals surface area contributed by atoms with Crippen molar-refractivity contribution in [3.8, 4) is 11.1 Å². The molecule has 0 aliphatic heterocycles. The normalized spacial score (nSPS) is 16.3. The summed E-state index contributed by atoms with van der Waals surface area (Å²) in [4.78, 5) is 36.2. The first-order valence-corrected chi connectivity index (χ1v) is 10.7. The van der Waals surface area contributed by atoms with Gasteiger partial charge in [0.05, 0.1) is 6.42 Å². The number of hydrogen-bond donors (Lipinski definition) is 3. The first-order valence-electron chi connectivity index (χ1n) is 10.7. The van der Waals surface area contributed by atoms with Crippen molar-refractivity contribution >= 4 is 18.0 Å². The molecule has 7 heteroatoms. The minimum atomic E-state index is -1.17. The maximum absolute atomic E-state index is 12.5. The third kappa shape index (κ3) is 4.71. The SMILES string of the molecule is O=C(O)CC(NC(=O)OCC1c2ccccc2-c2ccccc21)C(=O)NC1CCCC1. The zero-order valence-corrected chi connectivity index (χ0v) is 17.2. The van der Waals surface area contributed by atoms with E-state index in [1.165, 1.54) is 0 Å². The molecule has 2 amide bonds. The summed E-state index contributed by atoms with van der Waals surface area (Å²) < 4.78 is 5.45. The summed E-state index contributed by atoms with van der Waals surface area (Å²) in [6.07, 6.45) is 2.52. The van der Waals surface area contributed by atoms with E-state index in [2.05, 4.69) is 10.6 Å². The number of alkyl carbamates (subject to hydrolysis) is 1. The number of carbonyl (C=O) groups is 3. The summed E-state index contributed by atoms with van der Waals surface area (Å²) in [5.41, 5.74) is 4.40. The number of amides is 2. The van der Waals surface area contributed by atoms with Crippen LogP contribution in [0.3, 0.4) is 0 Å². The first-order chi connectivity index (χ1) is 15.0. The quantitative estimate of drug-likeness (QED) is 0.634. The molecule has 1 unspecified atom stereocenters. The number of fused-ring (bicyclic) bond motifs is 3. The minimum Gasteiger partial charge on any atom is -0.481 e. The van der Waals surface area contributed by atoms with E-state index in [1.807, 2.05) is 48.5 Å². The van der Waals surface area contributed by atoms with E-state index < -0.39 is 30.4 Å². The lowest BCUT2D eigenvalue weighted by Gasteiger charge is -2.20. The van der Waals surface area contributed by atoms with Gasteiger partial charge < -0.3 is 20.5 Å². The fourth-order valence-corrected chi connectivity index (χ4v) is 4.54. The lowest BCUT2D eigenvalue weighted by Crippen LogP contribution is -2.50. The molecular weight excluding hydrogens is 396 g/mol. The zero-order valence-electron chi connectivity index (χ0n) is 17.2. The molecule has 2 aromatic carbocycles. The average molecular weight is 422 g/mol. The van der Waals surface area contributed by atoms with E-state index in [-0.39, 0.29) is 18.6 Å². The van der Waals surface area contributed by atoms with Gasteiger partial charge in [-0.15, -0.1) is 0 Å². The average Bonchev–Trinajstić information content (AvgIpc) is 3.37. The van der Waals surface area contributed by atoms with Crippen LogP contribution in [-0.2, 0) is 14.3 Å².